The summed E-state index contributed by atoms with van der Waals surface area (Å²) in [4.78, 5) is 15.0. The van der Waals surface area contributed by atoms with Crippen LogP contribution in [0.2, 0.25) is 0 Å². The monoisotopic (exact) mass is 366 g/mol. The molecule has 0 spiro atoms. The van der Waals surface area contributed by atoms with Crippen LogP contribution in [0.4, 0.5) is 5.69 Å². The third kappa shape index (κ3) is 3.65. The Hall–Kier alpha value is -2.53. The van der Waals surface area contributed by atoms with Crippen molar-refractivity contribution in [3.63, 3.8) is 0 Å². The quantitative estimate of drug-likeness (QED) is 0.845. The van der Waals surface area contributed by atoms with Crippen LogP contribution in [0, 0.1) is 0 Å². The van der Waals surface area contributed by atoms with Gasteiger partial charge >= 0.3 is 5.97 Å². The summed E-state index contributed by atoms with van der Waals surface area (Å²) in [6.07, 6.45) is 0.447. The molecular weight excluding hydrogens is 340 g/mol. The molecule has 3 atom stereocenters. The number of nitrogens with one attached hydrogen (secondary N) is 1. The average molecular weight is 366 g/mol. The number of carbonyl (C=O) groups is 1. The fraction of sp³-hybridized carbons (Fsp3) is 0.409. The van der Waals surface area contributed by atoms with Crippen LogP contribution in [0.25, 0.3) is 0 Å². The summed E-state index contributed by atoms with van der Waals surface area (Å²) in [6.45, 7) is 6.25. The van der Waals surface area contributed by atoms with Gasteiger partial charge in [-0.05, 0) is 49.2 Å². The van der Waals surface area contributed by atoms with E-state index in [1.54, 1.807) is 7.11 Å². The second-order valence-corrected chi connectivity index (χ2v) is 7.59. The van der Waals surface area contributed by atoms with E-state index in [2.05, 4.69) is 36.2 Å². The molecule has 2 aromatic rings. The first kappa shape index (κ1) is 17.9. The Labute approximate surface area is 160 Å². The van der Waals surface area contributed by atoms with Gasteiger partial charge in [0.05, 0.1) is 12.7 Å². The fourth-order valence-corrected chi connectivity index (χ4v) is 4.11. The molecule has 0 radical (unpaired) electrons. The number of ether oxygens (including phenoxy) is 2. The molecule has 0 amide bonds. The van der Waals surface area contributed by atoms with Crippen LogP contribution in [0.15, 0.2) is 42.5 Å². The first-order valence-corrected chi connectivity index (χ1v) is 9.52. The molecule has 5 heteroatoms. The first-order valence-electron chi connectivity index (χ1n) is 9.52. The van der Waals surface area contributed by atoms with Crippen molar-refractivity contribution in [2.75, 3.05) is 25.1 Å². The largest absolute Gasteiger partial charge is 0.497 e. The highest BCUT2D eigenvalue weighted by molar-refractivity contribution is 5.93. The lowest BCUT2D eigenvalue weighted by Crippen LogP contribution is -2.54. The standard InChI is InChI=1S/C22H26N2O3/c1-14-12-24(13-15(2)23-14)18-7-4-17-10-21(27-22(25)20(17)11-18)16-5-8-19(26-3)9-6-16/h4-9,11,14-15,21,23H,10,12-13H2,1-3H3/t14-,15+,21?. The van der Waals surface area contributed by atoms with Gasteiger partial charge in [0.15, 0.2) is 0 Å². The minimum Gasteiger partial charge on any atom is -0.497 e. The number of fused-ring (bicyclic) bond motifs is 1. The van der Waals surface area contributed by atoms with Gasteiger partial charge < -0.3 is 19.7 Å². The van der Waals surface area contributed by atoms with Gasteiger partial charge in [-0.25, -0.2) is 4.79 Å². The van der Waals surface area contributed by atoms with Crippen LogP contribution in [0.5, 0.6) is 5.75 Å². The van der Waals surface area contributed by atoms with Crippen molar-refractivity contribution < 1.29 is 14.3 Å². The summed E-state index contributed by atoms with van der Waals surface area (Å²) in [5, 5.41) is 3.54. The van der Waals surface area contributed by atoms with E-state index in [-0.39, 0.29) is 12.1 Å². The van der Waals surface area contributed by atoms with E-state index in [4.69, 9.17) is 9.47 Å². The van der Waals surface area contributed by atoms with Crippen LogP contribution in [-0.4, -0.2) is 38.3 Å². The van der Waals surface area contributed by atoms with Crippen molar-refractivity contribution >= 4 is 11.7 Å². The Morgan fingerprint density at radius 2 is 1.78 bits per heavy atom. The highest BCUT2D eigenvalue weighted by Gasteiger charge is 2.29. The van der Waals surface area contributed by atoms with Crippen molar-refractivity contribution in [2.24, 2.45) is 0 Å². The molecule has 0 aliphatic carbocycles. The number of methoxy groups -OCH3 is 1. The molecular formula is C22H26N2O3. The Morgan fingerprint density at radius 1 is 1.07 bits per heavy atom. The molecule has 142 valence electrons. The second kappa shape index (κ2) is 7.24. The van der Waals surface area contributed by atoms with E-state index in [1.807, 2.05) is 30.3 Å². The van der Waals surface area contributed by atoms with Crippen LogP contribution >= 0.6 is 0 Å². The molecule has 1 saturated heterocycles. The molecule has 1 N–H and O–H groups in total. The van der Waals surface area contributed by atoms with Gasteiger partial charge in [0.25, 0.3) is 0 Å². The smallest absolute Gasteiger partial charge is 0.339 e. The average Bonchev–Trinajstić information content (AvgIpc) is 2.67. The van der Waals surface area contributed by atoms with Crippen LogP contribution in [0.1, 0.15) is 41.4 Å². The summed E-state index contributed by atoms with van der Waals surface area (Å²) in [5.74, 6) is 0.556. The van der Waals surface area contributed by atoms with E-state index in [9.17, 15) is 4.79 Å². The van der Waals surface area contributed by atoms with Gasteiger partial charge in [0.2, 0.25) is 0 Å². The topological polar surface area (TPSA) is 50.8 Å². The van der Waals surface area contributed by atoms with E-state index < -0.39 is 0 Å². The van der Waals surface area contributed by atoms with Crippen molar-refractivity contribution in [1.82, 2.24) is 5.32 Å². The van der Waals surface area contributed by atoms with Gasteiger partial charge in [-0.2, -0.15) is 0 Å². The summed E-state index contributed by atoms with van der Waals surface area (Å²) in [6, 6.07) is 14.8. The molecule has 2 aliphatic rings. The first-order chi connectivity index (χ1) is 13.0. The minimum atomic E-state index is -0.249. The molecule has 0 saturated carbocycles. The molecule has 4 rings (SSSR count). The number of benzene rings is 2. The normalized spacial score (nSPS) is 24.9. The summed E-state index contributed by atoms with van der Waals surface area (Å²) < 4.78 is 10.9. The molecule has 27 heavy (non-hydrogen) atoms. The van der Waals surface area contributed by atoms with Gasteiger partial charge in [0, 0.05) is 37.3 Å². The van der Waals surface area contributed by atoms with E-state index in [0.29, 0.717) is 24.1 Å². The number of piperazine rings is 1. The molecule has 2 aromatic carbocycles. The van der Waals surface area contributed by atoms with Gasteiger partial charge in [-0.1, -0.05) is 18.2 Å². The van der Waals surface area contributed by atoms with Crippen molar-refractivity contribution in [3.8, 4) is 5.75 Å². The highest BCUT2D eigenvalue weighted by Crippen LogP contribution is 2.33. The number of hydrogen-bond acceptors (Lipinski definition) is 5. The molecule has 2 aliphatic heterocycles. The van der Waals surface area contributed by atoms with Crippen molar-refractivity contribution in [1.29, 1.82) is 0 Å². The fourth-order valence-electron chi connectivity index (χ4n) is 4.11. The number of anilines is 1. The number of nitrogens with zero attached hydrogens (tertiary/aromatic N) is 1. The number of rotatable bonds is 3. The van der Waals surface area contributed by atoms with Gasteiger partial charge in [-0.15, -0.1) is 0 Å². The molecule has 0 bridgehead atoms. The summed E-state index contributed by atoms with van der Waals surface area (Å²) in [7, 11) is 1.64. The van der Waals surface area contributed by atoms with Gasteiger partial charge in [0.1, 0.15) is 11.9 Å². The second-order valence-electron chi connectivity index (χ2n) is 7.59. The molecule has 0 aromatic heterocycles. The Bertz CT molecular complexity index is 824. The minimum absolute atomic E-state index is 0.241. The Balaban J connectivity index is 1.56. The number of hydrogen-bond donors (Lipinski definition) is 1. The summed E-state index contributed by atoms with van der Waals surface area (Å²) >= 11 is 0. The predicted molar refractivity (Wildman–Crippen MR) is 106 cm³/mol. The maximum atomic E-state index is 12.7. The third-order valence-corrected chi connectivity index (χ3v) is 5.38. The highest BCUT2D eigenvalue weighted by atomic mass is 16.5. The molecule has 2 heterocycles. The number of esters is 1. The zero-order valence-corrected chi connectivity index (χ0v) is 16.1. The zero-order chi connectivity index (χ0) is 19.0. The maximum absolute atomic E-state index is 12.7. The third-order valence-electron chi connectivity index (χ3n) is 5.38. The van der Waals surface area contributed by atoms with Crippen molar-refractivity contribution in [3.05, 3.63) is 59.2 Å². The SMILES string of the molecule is COc1ccc(C2Cc3ccc(N4C[C@@H](C)N[C@@H](C)C4)cc3C(=O)O2)cc1. The number of carbonyl (C=O) groups excluding carboxylic acids is 1. The van der Waals surface area contributed by atoms with Gasteiger partial charge in [-0.3, -0.25) is 0 Å². The Kier molecular flexibility index (Phi) is 4.79. The predicted octanol–water partition coefficient (Wildman–Crippen LogP) is 3.34. The van der Waals surface area contributed by atoms with E-state index in [1.165, 1.54) is 0 Å². The van der Waals surface area contributed by atoms with Crippen molar-refractivity contribution in [2.45, 2.75) is 38.5 Å². The van der Waals surface area contributed by atoms with E-state index >= 15 is 0 Å². The molecule has 1 fully saturated rings. The lowest BCUT2D eigenvalue weighted by molar-refractivity contribution is 0.0253. The maximum Gasteiger partial charge on any atom is 0.339 e. The lowest BCUT2D eigenvalue weighted by Gasteiger charge is -2.38. The lowest BCUT2D eigenvalue weighted by atomic mass is 9.94. The molecule has 5 nitrogen and oxygen atoms in total. The molecule has 1 unspecified atom stereocenters. The van der Waals surface area contributed by atoms with Crippen LogP contribution < -0.4 is 15.0 Å². The van der Waals surface area contributed by atoms with Crippen LogP contribution in [0.3, 0.4) is 0 Å². The van der Waals surface area contributed by atoms with E-state index in [0.717, 1.165) is 35.7 Å². The summed E-state index contributed by atoms with van der Waals surface area (Å²) in [5.41, 5.74) is 3.82. The zero-order valence-electron chi connectivity index (χ0n) is 16.1. The van der Waals surface area contributed by atoms with Crippen LogP contribution in [-0.2, 0) is 11.2 Å². The number of cyclic esters (lactones) is 1. The Morgan fingerprint density at radius 3 is 2.44 bits per heavy atom.